The van der Waals surface area contributed by atoms with Gasteiger partial charge in [0.1, 0.15) is 5.25 Å². The van der Waals surface area contributed by atoms with Crippen LogP contribution < -0.4 is 0 Å². The van der Waals surface area contributed by atoms with Crippen molar-refractivity contribution in [2.45, 2.75) is 18.1 Å². The highest BCUT2D eigenvalue weighted by molar-refractivity contribution is 8.00. The van der Waals surface area contributed by atoms with E-state index in [-0.39, 0.29) is 29.0 Å². The number of rotatable bonds is 3. The van der Waals surface area contributed by atoms with E-state index in [0.717, 1.165) is 5.75 Å². The molecule has 6 nitrogen and oxygen atoms in total. The SMILES string of the molecule is COC(=O)[C@H]1CN(C(=O)C2CCN(C(=O)c3ccc(Cl)cc3)CC2)CCS1. The van der Waals surface area contributed by atoms with Gasteiger partial charge in [0.05, 0.1) is 7.11 Å². The molecule has 1 atom stereocenters. The van der Waals surface area contributed by atoms with Crippen LogP contribution in [0.25, 0.3) is 0 Å². The lowest BCUT2D eigenvalue weighted by molar-refractivity contribution is -0.142. The number of piperidine rings is 1. The van der Waals surface area contributed by atoms with Gasteiger partial charge in [-0.15, -0.1) is 11.8 Å². The first-order valence-electron chi connectivity index (χ1n) is 9.02. The lowest BCUT2D eigenvalue weighted by Crippen LogP contribution is -2.49. The minimum atomic E-state index is -0.306. The molecule has 0 bridgehead atoms. The number of amides is 2. The monoisotopic (exact) mass is 410 g/mol. The highest BCUT2D eigenvalue weighted by Gasteiger charge is 2.35. The van der Waals surface area contributed by atoms with Crippen molar-refractivity contribution in [1.29, 1.82) is 0 Å². The summed E-state index contributed by atoms with van der Waals surface area (Å²) in [5.41, 5.74) is 0.609. The van der Waals surface area contributed by atoms with Crippen LogP contribution in [0, 0.1) is 5.92 Å². The molecule has 0 saturated carbocycles. The Morgan fingerprint density at radius 3 is 2.37 bits per heavy atom. The van der Waals surface area contributed by atoms with Crippen molar-refractivity contribution in [2.75, 3.05) is 39.0 Å². The second-order valence-corrected chi connectivity index (χ2v) is 8.49. The fourth-order valence-electron chi connectivity index (χ4n) is 3.49. The molecule has 0 spiro atoms. The Balaban J connectivity index is 1.54. The number of benzene rings is 1. The zero-order valence-corrected chi connectivity index (χ0v) is 16.8. The van der Waals surface area contributed by atoms with Crippen molar-refractivity contribution in [1.82, 2.24) is 9.80 Å². The van der Waals surface area contributed by atoms with Crippen molar-refractivity contribution in [3.8, 4) is 0 Å². The van der Waals surface area contributed by atoms with Gasteiger partial charge >= 0.3 is 5.97 Å². The van der Waals surface area contributed by atoms with Gasteiger partial charge in [-0.05, 0) is 37.1 Å². The van der Waals surface area contributed by atoms with Crippen LogP contribution in [0.1, 0.15) is 23.2 Å². The molecule has 8 heteroatoms. The van der Waals surface area contributed by atoms with E-state index in [4.69, 9.17) is 16.3 Å². The summed E-state index contributed by atoms with van der Waals surface area (Å²) in [6, 6.07) is 6.86. The van der Waals surface area contributed by atoms with Gasteiger partial charge in [0.2, 0.25) is 5.91 Å². The number of halogens is 1. The van der Waals surface area contributed by atoms with E-state index in [1.807, 2.05) is 0 Å². The maximum atomic E-state index is 12.8. The number of likely N-dealkylation sites (tertiary alicyclic amines) is 1. The number of carbonyl (C=O) groups is 3. The molecule has 3 rings (SSSR count). The van der Waals surface area contributed by atoms with E-state index in [1.165, 1.54) is 18.9 Å². The molecule has 0 unspecified atom stereocenters. The molecule has 2 aliphatic heterocycles. The Hall–Kier alpha value is -1.73. The van der Waals surface area contributed by atoms with Crippen LogP contribution in [0.15, 0.2) is 24.3 Å². The summed E-state index contributed by atoms with van der Waals surface area (Å²) >= 11 is 7.41. The van der Waals surface area contributed by atoms with Crippen molar-refractivity contribution < 1.29 is 19.1 Å². The van der Waals surface area contributed by atoms with Gasteiger partial charge < -0.3 is 14.5 Å². The second kappa shape index (κ2) is 8.97. The van der Waals surface area contributed by atoms with Crippen molar-refractivity contribution in [3.05, 3.63) is 34.9 Å². The highest BCUT2D eigenvalue weighted by Crippen LogP contribution is 2.25. The van der Waals surface area contributed by atoms with E-state index < -0.39 is 0 Å². The number of esters is 1. The third kappa shape index (κ3) is 4.76. The number of nitrogens with zero attached hydrogens (tertiary/aromatic N) is 2. The minimum absolute atomic E-state index is 0.0299. The predicted molar refractivity (Wildman–Crippen MR) is 105 cm³/mol. The van der Waals surface area contributed by atoms with Crippen LogP contribution in [0.4, 0.5) is 0 Å². The van der Waals surface area contributed by atoms with E-state index >= 15 is 0 Å². The van der Waals surface area contributed by atoms with Crippen LogP contribution in [-0.4, -0.2) is 71.9 Å². The van der Waals surface area contributed by atoms with Gasteiger partial charge in [-0.2, -0.15) is 0 Å². The van der Waals surface area contributed by atoms with Gasteiger partial charge in [0.25, 0.3) is 5.91 Å². The molecule has 2 heterocycles. The zero-order chi connectivity index (χ0) is 19.4. The predicted octanol–water partition coefficient (Wildman–Crippen LogP) is 2.31. The number of ether oxygens (including phenoxy) is 1. The number of hydrogen-bond donors (Lipinski definition) is 0. The summed E-state index contributed by atoms with van der Waals surface area (Å²) in [7, 11) is 1.37. The van der Waals surface area contributed by atoms with Crippen molar-refractivity contribution >= 4 is 41.1 Å². The minimum Gasteiger partial charge on any atom is -0.468 e. The largest absolute Gasteiger partial charge is 0.468 e. The smallest absolute Gasteiger partial charge is 0.320 e. The molecule has 2 amide bonds. The van der Waals surface area contributed by atoms with Crippen molar-refractivity contribution in [3.63, 3.8) is 0 Å². The summed E-state index contributed by atoms with van der Waals surface area (Å²) in [4.78, 5) is 40.7. The first-order valence-corrected chi connectivity index (χ1v) is 10.5. The summed E-state index contributed by atoms with van der Waals surface area (Å²) in [6.45, 7) is 2.17. The maximum Gasteiger partial charge on any atom is 0.320 e. The Morgan fingerprint density at radius 1 is 1.07 bits per heavy atom. The Kier molecular flexibility index (Phi) is 6.65. The van der Waals surface area contributed by atoms with Crippen molar-refractivity contribution in [2.24, 2.45) is 5.92 Å². The van der Waals surface area contributed by atoms with Gasteiger partial charge in [-0.3, -0.25) is 14.4 Å². The average Bonchev–Trinajstić information content (AvgIpc) is 2.73. The van der Waals surface area contributed by atoms with E-state index in [1.54, 1.807) is 34.1 Å². The Morgan fingerprint density at radius 2 is 1.74 bits per heavy atom. The van der Waals surface area contributed by atoms with E-state index in [0.29, 0.717) is 49.6 Å². The topological polar surface area (TPSA) is 66.9 Å². The van der Waals surface area contributed by atoms with Gasteiger partial charge in [0, 0.05) is 48.4 Å². The molecule has 1 aromatic carbocycles. The summed E-state index contributed by atoms with van der Waals surface area (Å²) in [5, 5.41) is 0.292. The lowest BCUT2D eigenvalue weighted by Gasteiger charge is -2.37. The first kappa shape index (κ1) is 20.0. The molecule has 2 fully saturated rings. The molecular formula is C19H23ClN2O4S. The molecule has 1 aromatic rings. The molecule has 2 aliphatic rings. The average molecular weight is 411 g/mol. The molecule has 0 N–H and O–H groups in total. The Bertz CT molecular complexity index is 704. The molecular weight excluding hydrogens is 388 g/mol. The lowest BCUT2D eigenvalue weighted by atomic mass is 9.94. The number of thioether (sulfide) groups is 1. The Labute approximate surface area is 168 Å². The van der Waals surface area contributed by atoms with Gasteiger partial charge in [0.15, 0.2) is 0 Å². The quantitative estimate of drug-likeness (QED) is 0.715. The fourth-order valence-corrected chi connectivity index (χ4v) is 4.74. The molecule has 0 aliphatic carbocycles. The molecule has 0 radical (unpaired) electrons. The normalized spacial score (nSPS) is 21.0. The zero-order valence-electron chi connectivity index (χ0n) is 15.2. The molecule has 27 heavy (non-hydrogen) atoms. The number of carbonyl (C=O) groups excluding carboxylic acids is 3. The van der Waals surface area contributed by atoms with Crippen LogP contribution in [0.2, 0.25) is 5.02 Å². The maximum absolute atomic E-state index is 12.8. The van der Waals surface area contributed by atoms with Gasteiger partial charge in [-0.25, -0.2) is 0 Å². The molecule has 2 saturated heterocycles. The number of hydrogen-bond acceptors (Lipinski definition) is 5. The second-order valence-electron chi connectivity index (χ2n) is 6.74. The van der Waals surface area contributed by atoms with E-state index in [9.17, 15) is 14.4 Å². The molecule has 146 valence electrons. The number of methoxy groups -OCH3 is 1. The standard InChI is InChI=1S/C19H23ClN2O4S/c1-26-19(25)16-12-22(10-11-27-16)18(24)14-6-8-21(9-7-14)17(23)13-2-4-15(20)5-3-13/h2-5,14,16H,6-12H2,1H3/t16-/m1/s1. The van der Waals surface area contributed by atoms with Crippen LogP contribution in [-0.2, 0) is 14.3 Å². The third-order valence-corrected chi connectivity index (χ3v) is 6.48. The third-order valence-electron chi connectivity index (χ3n) is 5.06. The first-order chi connectivity index (χ1) is 13.0. The summed E-state index contributed by atoms with van der Waals surface area (Å²) < 4.78 is 4.80. The van der Waals surface area contributed by atoms with E-state index in [2.05, 4.69) is 0 Å². The summed E-state index contributed by atoms with van der Waals surface area (Å²) in [5.74, 6) is 0.418. The van der Waals surface area contributed by atoms with Gasteiger partial charge in [-0.1, -0.05) is 11.6 Å². The molecule has 0 aromatic heterocycles. The van der Waals surface area contributed by atoms with Crippen LogP contribution in [0.3, 0.4) is 0 Å². The highest BCUT2D eigenvalue weighted by atomic mass is 35.5. The fraction of sp³-hybridized carbons (Fsp3) is 0.526. The summed E-state index contributed by atoms with van der Waals surface area (Å²) in [6.07, 6.45) is 1.29. The van der Waals surface area contributed by atoms with Crippen LogP contribution in [0.5, 0.6) is 0 Å². The van der Waals surface area contributed by atoms with Crippen LogP contribution >= 0.6 is 23.4 Å².